The van der Waals surface area contributed by atoms with Crippen LogP contribution in [0.1, 0.15) is 25.0 Å². The fourth-order valence-electron chi connectivity index (χ4n) is 1.84. The first-order chi connectivity index (χ1) is 9.93. The van der Waals surface area contributed by atoms with Crippen LogP contribution in [-0.4, -0.2) is 16.9 Å². The average Bonchev–Trinajstić information content (AvgIpc) is 2.87. The van der Waals surface area contributed by atoms with Crippen molar-refractivity contribution in [1.82, 2.24) is 0 Å². The molecule has 1 aliphatic heterocycles. The molecule has 0 amide bonds. The number of thioether (sulfide) groups is 2. The summed E-state index contributed by atoms with van der Waals surface area (Å²) in [6, 6.07) is 8.04. The van der Waals surface area contributed by atoms with Crippen molar-refractivity contribution in [2.75, 3.05) is 0 Å². The Morgan fingerprint density at radius 3 is 1.86 bits per heavy atom. The van der Waals surface area contributed by atoms with Crippen molar-refractivity contribution < 1.29 is 9.59 Å². The number of allylic oxidation sites excluding steroid dienone is 3. The third-order valence-corrected chi connectivity index (χ3v) is 6.00. The highest BCUT2D eigenvalue weighted by atomic mass is 32.2. The van der Waals surface area contributed by atoms with E-state index in [0.717, 1.165) is 15.4 Å². The number of ketones is 2. The summed E-state index contributed by atoms with van der Waals surface area (Å²) >= 11 is 7.82. The van der Waals surface area contributed by atoms with Gasteiger partial charge in [0, 0.05) is 10.9 Å². The highest BCUT2D eigenvalue weighted by molar-refractivity contribution is 8.29. The molecule has 5 heteroatoms. The number of hydrogen-bond donors (Lipinski definition) is 0. The van der Waals surface area contributed by atoms with E-state index in [-0.39, 0.29) is 11.6 Å². The van der Waals surface area contributed by atoms with Crippen molar-refractivity contribution in [3.05, 3.63) is 49.4 Å². The van der Waals surface area contributed by atoms with E-state index in [4.69, 9.17) is 12.2 Å². The van der Waals surface area contributed by atoms with Gasteiger partial charge in [0.2, 0.25) is 0 Å². The van der Waals surface area contributed by atoms with Crippen LogP contribution in [0.2, 0.25) is 0 Å². The minimum Gasteiger partial charge on any atom is -0.294 e. The molecule has 0 bridgehead atoms. The van der Waals surface area contributed by atoms with E-state index >= 15 is 0 Å². The maximum Gasteiger partial charge on any atom is 0.167 e. The molecule has 1 aromatic rings. The molecule has 108 valence electrons. The monoisotopic (exact) mass is 334 g/mol. The third-order valence-electron chi connectivity index (χ3n) is 2.94. The summed E-state index contributed by atoms with van der Waals surface area (Å²) in [7, 11) is 0. The molecular formula is C16H14O2S3. The van der Waals surface area contributed by atoms with Crippen LogP contribution in [0, 0.1) is 6.92 Å². The summed E-state index contributed by atoms with van der Waals surface area (Å²) in [5, 5.41) is 1.61. The van der Waals surface area contributed by atoms with Crippen molar-refractivity contribution in [2.45, 2.75) is 20.8 Å². The number of carbonyl (C=O) groups is 2. The smallest absolute Gasteiger partial charge is 0.167 e. The predicted octanol–water partition coefficient (Wildman–Crippen LogP) is 4.53. The van der Waals surface area contributed by atoms with Gasteiger partial charge in [-0.1, -0.05) is 65.6 Å². The molecular weight excluding hydrogens is 320 g/mol. The van der Waals surface area contributed by atoms with E-state index in [9.17, 15) is 9.59 Å². The lowest BCUT2D eigenvalue weighted by Crippen LogP contribution is -1.98. The van der Waals surface area contributed by atoms with E-state index < -0.39 is 0 Å². The molecule has 0 unspecified atom stereocenters. The Kier molecular flexibility index (Phi) is 5.19. The van der Waals surface area contributed by atoms with E-state index in [2.05, 4.69) is 0 Å². The minimum atomic E-state index is -0.0830. The molecule has 0 saturated carbocycles. The molecule has 2 nitrogen and oxygen atoms in total. The second-order valence-electron chi connectivity index (χ2n) is 4.66. The molecule has 0 radical (unpaired) electrons. The standard InChI is InChI=1S/C16H14O2S3/c1-9-4-6-12(7-5-9)13(8-19)16-20-14(10(2)17)15(21-16)11(3)18/h4-8H,1-3H3. The Labute approximate surface area is 138 Å². The lowest BCUT2D eigenvalue weighted by atomic mass is 10.1. The van der Waals surface area contributed by atoms with Gasteiger partial charge in [0.25, 0.3) is 0 Å². The van der Waals surface area contributed by atoms with Crippen LogP contribution in [0.5, 0.6) is 0 Å². The first kappa shape index (κ1) is 16.2. The summed E-state index contributed by atoms with van der Waals surface area (Å²) < 4.78 is 0.893. The van der Waals surface area contributed by atoms with Crippen molar-refractivity contribution in [2.24, 2.45) is 0 Å². The van der Waals surface area contributed by atoms with E-state index in [1.54, 1.807) is 5.37 Å². The number of carbonyl (C=O) groups excluding carboxylic acids is 2. The fourth-order valence-corrected chi connectivity index (χ4v) is 4.86. The highest BCUT2D eigenvalue weighted by Gasteiger charge is 2.28. The van der Waals surface area contributed by atoms with Gasteiger partial charge in [-0.3, -0.25) is 9.59 Å². The number of Topliss-reactive ketones (excluding diaryl/α,β-unsaturated/α-hetero) is 2. The van der Waals surface area contributed by atoms with Gasteiger partial charge in [0.1, 0.15) is 0 Å². The lowest BCUT2D eigenvalue weighted by molar-refractivity contribution is -0.115. The Morgan fingerprint density at radius 2 is 1.48 bits per heavy atom. The number of aryl methyl sites for hydroxylation is 1. The normalized spacial score (nSPS) is 14.3. The number of benzene rings is 1. The van der Waals surface area contributed by atoms with Crippen LogP contribution in [0.4, 0.5) is 0 Å². The van der Waals surface area contributed by atoms with Crippen molar-refractivity contribution in [3.63, 3.8) is 0 Å². The van der Waals surface area contributed by atoms with Crippen LogP contribution in [0.25, 0.3) is 5.57 Å². The van der Waals surface area contributed by atoms with Crippen LogP contribution in [0.3, 0.4) is 0 Å². The van der Waals surface area contributed by atoms with Crippen LogP contribution in [-0.2, 0) is 9.59 Å². The van der Waals surface area contributed by atoms with E-state index in [1.807, 2.05) is 31.2 Å². The Balaban J connectivity index is 2.45. The molecule has 2 rings (SSSR count). The van der Waals surface area contributed by atoms with Crippen LogP contribution in [0.15, 0.2) is 38.3 Å². The predicted molar refractivity (Wildman–Crippen MR) is 95.3 cm³/mol. The maximum atomic E-state index is 11.7. The van der Waals surface area contributed by atoms with Crippen LogP contribution >= 0.6 is 35.7 Å². The van der Waals surface area contributed by atoms with Crippen molar-refractivity contribution >= 4 is 58.2 Å². The fraction of sp³-hybridized carbons (Fsp3) is 0.188. The summed E-state index contributed by atoms with van der Waals surface area (Å²) in [5.41, 5.74) is 3.06. The van der Waals surface area contributed by atoms with E-state index in [1.165, 1.54) is 42.9 Å². The summed E-state index contributed by atoms with van der Waals surface area (Å²) in [6.45, 7) is 4.99. The minimum absolute atomic E-state index is 0.0830. The molecule has 1 aromatic carbocycles. The second-order valence-corrected chi connectivity index (χ2v) is 7.20. The van der Waals surface area contributed by atoms with Gasteiger partial charge in [-0.15, -0.1) is 0 Å². The molecule has 21 heavy (non-hydrogen) atoms. The van der Waals surface area contributed by atoms with Gasteiger partial charge in [-0.25, -0.2) is 0 Å². The number of rotatable bonds is 4. The zero-order valence-corrected chi connectivity index (χ0v) is 14.4. The van der Waals surface area contributed by atoms with E-state index in [0.29, 0.717) is 9.81 Å². The molecule has 0 fully saturated rings. The van der Waals surface area contributed by atoms with Gasteiger partial charge in [0.05, 0.1) is 14.0 Å². The summed E-state index contributed by atoms with van der Waals surface area (Å²) in [5.74, 6) is -0.166. The Bertz CT molecular complexity index is 654. The number of thiocarbonyl (C=S) groups is 1. The van der Waals surface area contributed by atoms with Gasteiger partial charge < -0.3 is 0 Å². The molecule has 1 heterocycles. The highest BCUT2D eigenvalue weighted by Crippen LogP contribution is 2.52. The molecule has 0 saturated heterocycles. The molecule has 0 N–H and O–H groups in total. The molecule has 0 aliphatic carbocycles. The maximum absolute atomic E-state index is 11.7. The summed E-state index contributed by atoms with van der Waals surface area (Å²) in [6.07, 6.45) is 0. The molecule has 0 aromatic heterocycles. The zero-order valence-electron chi connectivity index (χ0n) is 11.9. The van der Waals surface area contributed by atoms with Gasteiger partial charge in [0.15, 0.2) is 11.6 Å². The SMILES string of the molecule is CC(=O)C1=C(C(C)=O)SC(=C(C=S)c2ccc(C)cc2)S1. The Hall–Kier alpha value is -1.17. The van der Waals surface area contributed by atoms with Gasteiger partial charge in [-0.2, -0.15) is 0 Å². The topological polar surface area (TPSA) is 34.1 Å². The van der Waals surface area contributed by atoms with Crippen molar-refractivity contribution in [3.8, 4) is 0 Å². The zero-order chi connectivity index (χ0) is 15.6. The second kappa shape index (κ2) is 6.73. The third kappa shape index (κ3) is 3.54. The largest absolute Gasteiger partial charge is 0.294 e. The molecule has 0 spiro atoms. The molecule has 0 atom stereocenters. The number of hydrogen-bond acceptors (Lipinski definition) is 5. The molecule has 1 aliphatic rings. The van der Waals surface area contributed by atoms with Gasteiger partial charge in [-0.05, 0) is 26.3 Å². The Morgan fingerprint density at radius 1 is 1.00 bits per heavy atom. The first-order valence-corrected chi connectivity index (χ1v) is 8.42. The summed E-state index contributed by atoms with van der Waals surface area (Å²) in [4.78, 5) is 24.4. The lowest BCUT2D eigenvalue weighted by Gasteiger charge is -2.06. The first-order valence-electron chi connectivity index (χ1n) is 6.32. The average molecular weight is 334 g/mol. The van der Waals surface area contributed by atoms with Gasteiger partial charge >= 0.3 is 0 Å². The van der Waals surface area contributed by atoms with Crippen LogP contribution < -0.4 is 0 Å². The van der Waals surface area contributed by atoms with Crippen molar-refractivity contribution in [1.29, 1.82) is 0 Å². The quantitative estimate of drug-likeness (QED) is 0.597.